The van der Waals surface area contributed by atoms with Gasteiger partial charge in [-0.15, -0.1) is 0 Å². The maximum atomic E-state index is 13.6. The first-order valence-electron chi connectivity index (χ1n) is 6.21. The quantitative estimate of drug-likeness (QED) is 0.823. The van der Waals surface area contributed by atoms with E-state index in [0.717, 1.165) is 12.1 Å². The Bertz CT molecular complexity index is 354. The van der Waals surface area contributed by atoms with E-state index in [1.807, 2.05) is 32.9 Å². The van der Waals surface area contributed by atoms with Gasteiger partial charge in [-0.1, -0.05) is 19.1 Å². The third-order valence-corrected chi connectivity index (χ3v) is 2.88. The van der Waals surface area contributed by atoms with E-state index in [1.54, 1.807) is 13.0 Å². The molecule has 0 bridgehead atoms. The minimum atomic E-state index is -0.158. The fourth-order valence-corrected chi connectivity index (χ4v) is 1.94. The van der Waals surface area contributed by atoms with Crippen molar-refractivity contribution < 1.29 is 9.13 Å². The van der Waals surface area contributed by atoms with Gasteiger partial charge in [0.1, 0.15) is 5.82 Å². The molecule has 1 rings (SSSR count). The Morgan fingerprint density at radius 2 is 2.06 bits per heavy atom. The number of aryl methyl sites for hydroxylation is 1. The van der Waals surface area contributed by atoms with Crippen LogP contribution in [-0.2, 0) is 4.74 Å². The first-order valence-corrected chi connectivity index (χ1v) is 6.21. The smallest absolute Gasteiger partial charge is 0.126 e. The van der Waals surface area contributed by atoms with Gasteiger partial charge in [0.2, 0.25) is 0 Å². The second kappa shape index (κ2) is 6.72. The zero-order chi connectivity index (χ0) is 12.8. The zero-order valence-electron chi connectivity index (χ0n) is 11.1. The Hall–Kier alpha value is -0.930. The number of likely N-dealkylation sites (N-methyl/N-ethyl adjacent to an activating group) is 1. The molecule has 1 aromatic rings. The van der Waals surface area contributed by atoms with E-state index in [0.29, 0.717) is 12.2 Å². The largest absolute Gasteiger partial charge is 0.377 e. The van der Waals surface area contributed by atoms with Gasteiger partial charge >= 0.3 is 0 Å². The molecule has 0 heterocycles. The lowest BCUT2D eigenvalue weighted by Gasteiger charge is -2.25. The summed E-state index contributed by atoms with van der Waals surface area (Å²) in [6.45, 7) is 9.28. The SMILES string of the molecule is CCNC(c1ccc(C)c(F)c1)C(C)OCC. The van der Waals surface area contributed by atoms with Crippen molar-refractivity contribution in [2.75, 3.05) is 13.2 Å². The van der Waals surface area contributed by atoms with Gasteiger partial charge in [0, 0.05) is 6.61 Å². The summed E-state index contributed by atoms with van der Waals surface area (Å²) < 4.78 is 19.2. The second-order valence-corrected chi connectivity index (χ2v) is 4.20. The number of rotatable bonds is 6. The van der Waals surface area contributed by atoms with Gasteiger partial charge in [-0.05, 0) is 44.5 Å². The van der Waals surface area contributed by atoms with Crippen LogP contribution >= 0.6 is 0 Å². The molecule has 0 aromatic heterocycles. The first kappa shape index (κ1) is 14.1. The lowest BCUT2D eigenvalue weighted by molar-refractivity contribution is 0.0476. The third-order valence-electron chi connectivity index (χ3n) is 2.88. The van der Waals surface area contributed by atoms with Crippen LogP contribution in [0.15, 0.2) is 18.2 Å². The van der Waals surface area contributed by atoms with Crippen LogP contribution in [0.25, 0.3) is 0 Å². The second-order valence-electron chi connectivity index (χ2n) is 4.20. The van der Waals surface area contributed by atoms with Gasteiger partial charge in [0.05, 0.1) is 12.1 Å². The van der Waals surface area contributed by atoms with E-state index in [1.165, 1.54) is 0 Å². The fourth-order valence-electron chi connectivity index (χ4n) is 1.94. The fraction of sp³-hybridized carbons (Fsp3) is 0.571. The molecule has 0 amide bonds. The highest BCUT2D eigenvalue weighted by atomic mass is 19.1. The molecule has 1 N–H and O–H groups in total. The standard InChI is InChI=1S/C14H22FNO/c1-5-16-14(11(4)17-6-2)12-8-7-10(3)13(15)9-12/h7-9,11,14,16H,5-6H2,1-4H3. The molecule has 0 saturated carbocycles. The highest BCUT2D eigenvalue weighted by Crippen LogP contribution is 2.21. The predicted octanol–water partition coefficient (Wildman–Crippen LogP) is 3.21. The number of nitrogens with one attached hydrogen (secondary N) is 1. The topological polar surface area (TPSA) is 21.3 Å². The molecule has 3 heteroatoms. The molecular weight excluding hydrogens is 217 g/mol. The Morgan fingerprint density at radius 3 is 2.59 bits per heavy atom. The summed E-state index contributed by atoms with van der Waals surface area (Å²) in [6.07, 6.45) is 0.0297. The van der Waals surface area contributed by atoms with Gasteiger partial charge in [0.25, 0.3) is 0 Å². The normalized spacial score (nSPS) is 14.6. The number of benzene rings is 1. The van der Waals surface area contributed by atoms with Crippen molar-refractivity contribution >= 4 is 0 Å². The summed E-state index contributed by atoms with van der Waals surface area (Å²) in [4.78, 5) is 0. The number of halogens is 1. The molecule has 2 nitrogen and oxygen atoms in total. The van der Waals surface area contributed by atoms with Crippen LogP contribution in [0.4, 0.5) is 4.39 Å². The van der Waals surface area contributed by atoms with Crippen molar-refractivity contribution in [1.29, 1.82) is 0 Å². The van der Waals surface area contributed by atoms with Crippen molar-refractivity contribution in [3.63, 3.8) is 0 Å². The minimum absolute atomic E-state index is 0.0297. The van der Waals surface area contributed by atoms with E-state index < -0.39 is 0 Å². The summed E-state index contributed by atoms with van der Waals surface area (Å²) in [6, 6.07) is 5.41. The van der Waals surface area contributed by atoms with Crippen molar-refractivity contribution in [1.82, 2.24) is 5.32 Å². The molecule has 0 aliphatic carbocycles. The van der Waals surface area contributed by atoms with E-state index in [9.17, 15) is 4.39 Å². The molecular formula is C14H22FNO. The molecule has 0 aliphatic heterocycles. The molecule has 0 spiro atoms. The maximum Gasteiger partial charge on any atom is 0.126 e. The summed E-state index contributed by atoms with van der Waals surface area (Å²) >= 11 is 0. The van der Waals surface area contributed by atoms with Gasteiger partial charge in [-0.25, -0.2) is 4.39 Å². The molecule has 0 fully saturated rings. The van der Waals surface area contributed by atoms with Crippen LogP contribution in [0.2, 0.25) is 0 Å². The molecule has 0 saturated heterocycles. The number of hydrogen-bond donors (Lipinski definition) is 1. The number of ether oxygens (including phenoxy) is 1. The maximum absolute atomic E-state index is 13.6. The van der Waals surface area contributed by atoms with Crippen LogP contribution in [-0.4, -0.2) is 19.3 Å². The third kappa shape index (κ3) is 3.79. The van der Waals surface area contributed by atoms with Crippen LogP contribution in [0.1, 0.15) is 37.9 Å². The van der Waals surface area contributed by atoms with E-state index in [2.05, 4.69) is 5.32 Å². The zero-order valence-corrected chi connectivity index (χ0v) is 11.1. The molecule has 0 radical (unpaired) electrons. The Kier molecular flexibility index (Phi) is 5.59. The highest BCUT2D eigenvalue weighted by Gasteiger charge is 2.19. The summed E-state index contributed by atoms with van der Waals surface area (Å²) in [5, 5.41) is 3.34. The highest BCUT2D eigenvalue weighted by molar-refractivity contribution is 5.26. The van der Waals surface area contributed by atoms with Crippen LogP contribution in [0.5, 0.6) is 0 Å². The lowest BCUT2D eigenvalue weighted by atomic mass is 10.0. The van der Waals surface area contributed by atoms with Crippen molar-refractivity contribution in [2.45, 2.75) is 39.8 Å². The molecule has 2 atom stereocenters. The molecule has 1 aromatic carbocycles. The van der Waals surface area contributed by atoms with Gasteiger partial charge in [0.15, 0.2) is 0 Å². The Morgan fingerprint density at radius 1 is 1.35 bits per heavy atom. The first-order chi connectivity index (χ1) is 8.10. The van der Waals surface area contributed by atoms with Crippen molar-refractivity contribution in [3.05, 3.63) is 35.1 Å². The molecule has 0 aliphatic rings. The Balaban J connectivity index is 2.92. The average Bonchev–Trinajstić information content (AvgIpc) is 2.30. The van der Waals surface area contributed by atoms with Crippen molar-refractivity contribution in [2.24, 2.45) is 0 Å². The van der Waals surface area contributed by atoms with E-state index in [4.69, 9.17) is 4.74 Å². The Labute approximate surface area is 103 Å². The number of hydrogen-bond acceptors (Lipinski definition) is 2. The average molecular weight is 239 g/mol. The van der Waals surface area contributed by atoms with Crippen LogP contribution in [0.3, 0.4) is 0 Å². The molecule has 2 unspecified atom stereocenters. The monoisotopic (exact) mass is 239 g/mol. The van der Waals surface area contributed by atoms with Gasteiger partial charge in [-0.3, -0.25) is 0 Å². The van der Waals surface area contributed by atoms with E-state index in [-0.39, 0.29) is 18.0 Å². The van der Waals surface area contributed by atoms with Crippen molar-refractivity contribution in [3.8, 4) is 0 Å². The minimum Gasteiger partial charge on any atom is -0.377 e. The molecule has 17 heavy (non-hydrogen) atoms. The van der Waals surface area contributed by atoms with E-state index >= 15 is 0 Å². The van der Waals surface area contributed by atoms with Crippen LogP contribution in [0, 0.1) is 12.7 Å². The molecule has 96 valence electrons. The van der Waals surface area contributed by atoms with Gasteiger partial charge < -0.3 is 10.1 Å². The summed E-state index contributed by atoms with van der Waals surface area (Å²) in [5.74, 6) is -0.158. The lowest BCUT2D eigenvalue weighted by Crippen LogP contribution is -2.32. The van der Waals surface area contributed by atoms with Crippen LogP contribution < -0.4 is 5.32 Å². The summed E-state index contributed by atoms with van der Waals surface area (Å²) in [7, 11) is 0. The summed E-state index contributed by atoms with van der Waals surface area (Å²) in [5.41, 5.74) is 1.61. The van der Waals surface area contributed by atoms with Gasteiger partial charge in [-0.2, -0.15) is 0 Å². The predicted molar refractivity (Wildman–Crippen MR) is 68.6 cm³/mol.